The molecular formula is C14H19FN4O2. The van der Waals surface area contributed by atoms with E-state index in [4.69, 9.17) is 15.0 Å². The Morgan fingerprint density at radius 3 is 2.81 bits per heavy atom. The van der Waals surface area contributed by atoms with Crippen molar-refractivity contribution in [2.45, 2.75) is 33.3 Å². The predicted octanol–water partition coefficient (Wildman–Crippen LogP) is 2.54. The fourth-order valence-electron chi connectivity index (χ4n) is 1.81. The van der Waals surface area contributed by atoms with Gasteiger partial charge in [0.1, 0.15) is 0 Å². The van der Waals surface area contributed by atoms with Gasteiger partial charge in [-0.2, -0.15) is 4.98 Å². The summed E-state index contributed by atoms with van der Waals surface area (Å²) in [6.45, 7) is 5.97. The first-order valence-corrected chi connectivity index (χ1v) is 6.74. The molecule has 0 spiro atoms. The average Bonchev–Trinajstić information content (AvgIpc) is 2.80. The van der Waals surface area contributed by atoms with Gasteiger partial charge in [0.2, 0.25) is 5.89 Å². The van der Waals surface area contributed by atoms with Crippen LogP contribution in [0, 0.1) is 12.7 Å². The third-order valence-electron chi connectivity index (χ3n) is 2.69. The van der Waals surface area contributed by atoms with Crippen LogP contribution in [0.5, 0.6) is 5.75 Å². The average molecular weight is 294 g/mol. The van der Waals surface area contributed by atoms with Crippen LogP contribution in [0.1, 0.15) is 25.6 Å². The molecule has 0 saturated heterocycles. The van der Waals surface area contributed by atoms with E-state index < -0.39 is 5.82 Å². The van der Waals surface area contributed by atoms with E-state index in [2.05, 4.69) is 15.5 Å². The summed E-state index contributed by atoms with van der Waals surface area (Å²) in [6.07, 6.45) is 0.440. The molecule has 0 aliphatic carbocycles. The van der Waals surface area contributed by atoms with Crippen LogP contribution in [-0.4, -0.2) is 22.8 Å². The van der Waals surface area contributed by atoms with Gasteiger partial charge >= 0.3 is 0 Å². The molecular weight excluding hydrogens is 275 g/mol. The summed E-state index contributed by atoms with van der Waals surface area (Å²) in [5.41, 5.74) is 6.73. The molecule has 0 radical (unpaired) electrons. The maximum absolute atomic E-state index is 13.7. The minimum absolute atomic E-state index is 0.114. The van der Waals surface area contributed by atoms with Gasteiger partial charge in [-0.15, -0.1) is 0 Å². The van der Waals surface area contributed by atoms with Gasteiger partial charge in [0.05, 0.1) is 17.5 Å². The van der Waals surface area contributed by atoms with Gasteiger partial charge in [0.25, 0.3) is 0 Å². The molecule has 0 aliphatic rings. The highest BCUT2D eigenvalue weighted by Crippen LogP contribution is 2.28. The molecule has 2 aromatic rings. The van der Waals surface area contributed by atoms with Crippen LogP contribution in [0.3, 0.4) is 0 Å². The Hall–Kier alpha value is -2.31. The second-order valence-corrected chi connectivity index (χ2v) is 4.95. The van der Waals surface area contributed by atoms with Crippen molar-refractivity contribution in [1.29, 1.82) is 0 Å². The number of ether oxygens (including phenoxy) is 1. The van der Waals surface area contributed by atoms with Gasteiger partial charge in [0.15, 0.2) is 17.4 Å². The molecule has 6 nitrogen and oxygen atoms in total. The van der Waals surface area contributed by atoms with E-state index in [9.17, 15) is 4.39 Å². The number of hydrogen-bond donors (Lipinski definition) is 2. The third-order valence-corrected chi connectivity index (χ3v) is 2.69. The molecule has 1 heterocycles. The number of benzene rings is 1. The standard InChI is InChI=1S/C14H19FN4O2/c1-8(2)20-13-7-12(11(16)6-10(13)15)17-5-4-14-18-9(3)19-21-14/h6-8,17H,4-5,16H2,1-3H3. The zero-order valence-corrected chi connectivity index (χ0v) is 12.3. The fraction of sp³-hybridized carbons (Fsp3) is 0.429. The number of nitrogens with two attached hydrogens (primary N) is 1. The van der Waals surface area contributed by atoms with Crippen molar-refractivity contribution < 1.29 is 13.7 Å². The summed E-state index contributed by atoms with van der Waals surface area (Å²) in [5.74, 6) is 0.841. The molecule has 7 heteroatoms. The van der Waals surface area contributed by atoms with E-state index in [1.807, 2.05) is 13.8 Å². The van der Waals surface area contributed by atoms with Gasteiger partial charge in [-0.25, -0.2) is 4.39 Å². The van der Waals surface area contributed by atoms with Crippen molar-refractivity contribution in [2.75, 3.05) is 17.6 Å². The van der Waals surface area contributed by atoms with Crippen LogP contribution in [-0.2, 0) is 6.42 Å². The Morgan fingerprint density at radius 2 is 2.19 bits per heavy atom. The van der Waals surface area contributed by atoms with E-state index in [1.54, 1.807) is 13.0 Å². The number of aryl methyl sites for hydroxylation is 1. The van der Waals surface area contributed by atoms with Gasteiger partial charge in [-0.1, -0.05) is 5.16 Å². The third kappa shape index (κ3) is 4.08. The lowest BCUT2D eigenvalue weighted by molar-refractivity contribution is 0.231. The number of halogens is 1. The molecule has 1 aromatic carbocycles. The van der Waals surface area contributed by atoms with Crippen LogP contribution in [0.25, 0.3) is 0 Å². The Bertz CT molecular complexity index is 613. The molecule has 3 N–H and O–H groups in total. The normalized spacial score (nSPS) is 10.9. The molecule has 0 bridgehead atoms. The summed E-state index contributed by atoms with van der Waals surface area (Å²) in [4.78, 5) is 4.10. The number of aromatic nitrogens is 2. The zero-order valence-electron chi connectivity index (χ0n) is 12.3. The molecule has 0 atom stereocenters. The van der Waals surface area contributed by atoms with E-state index in [-0.39, 0.29) is 11.9 Å². The minimum Gasteiger partial charge on any atom is -0.488 e. The molecule has 0 unspecified atom stereocenters. The molecule has 0 saturated carbocycles. The highest BCUT2D eigenvalue weighted by Gasteiger charge is 2.11. The predicted molar refractivity (Wildman–Crippen MR) is 77.8 cm³/mol. The molecule has 0 amide bonds. The van der Waals surface area contributed by atoms with Crippen molar-refractivity contribution in [3.05, 3.63) is 29.7 Å². The monoisotopic (exact) mass is 294 g/mol. The molecule has 114 valence electrons. The van der Waals surface area contributed by atoms with Crippen LogP contribution < -0.4 is 15.8 Å². The lowest BCUT2D eigenvalue weighted by Gasteiger charge is -2.14. The Balaban J connectivity index is 2.01. The lowest BCUT2D eigenvalue weighted by Crippen LogP contribution is -2.10. The summed E-state index contributed by atoms with van der Waals surface area (Å²) < 4.78 is 24.1. The number of rotatable bonds is 6. The number of anilines is 2. The second kappa shape index (κ2) is 6.43. The SMILES string of the molecule is Cc1noc(CCNc2cc(OC(C)C)c(F)cc2N)n1. The molecule has 1 aromatic heterocycles. The minimum atomic E-state index is -0.473. The van der Waals surface area contributed by atoms with Crippen molar-refractivity contribution >= 4 is 11.4 Å². The van der Waals surface area contributed by atoms with Crippen molar-refractivity contribution in [1.82, 2.24) is 10.1 Å². The zero-order chi connectivity index (χ0) is 15.4. The number of nitrogens with one attached hydrogen (secondary N) is 1. The first-order chi connectivity index (χ1) is 9.95. The summed E-state index contributed by atoms with van der Waals surface area (Å²) >= 11 is 0. The smallest absolute Gasteiger partial charge is 0.228 e. The van der Waals surface area contributed by atoms with E-state index in [1.165, 1.54) is 6.07 Å². The van der Waals surface area contributed by atoms with Gasteiger partial charge in [0, 0.05) is 25.1 Å². The second-order valence-electron chi connectivity index (χ2n) is 4.95. The van der Waals surface area contributed by atoms with E-state index >= 15 is 0 Å². The Morgan fingerprint density at radius 1 is 1.43 bits per heavy atom. The van der Waals surface area contributed by atoms with Crippen molar-refractivity contribution in [3.63, 3.8) is 0 Å². The van der Waals surface area contributed by atoms with E-state index in [0.29, 0.717) is 36.1 Å². The maximum Gasteiger partial charge on any atom is 0.228 e. The lowest BCUT2D eigenvalue weighted by atomic mass is 10.2. The molecule has 21 heavy (non-hydrogen) atoms. The molecule has 0 fully saturated rings. The van der Waals surface area contributed by atoms with Crippen LogP contribution in [0.4, 0.5) is 15.8 Å². The highest BCUT2D eigenvalue weighted by molar-refractivity contribution is 5.68. The van der Waals surface area contributed by atoms with Crippen LogP contribution in [0.2, 0.25) is 0 Å². The molecule has 2 rings (SSSR count). The highest BCUT2D eigenvalue weighted by atomic mass is 19.1. The Kier molecular flexibility index (Phi) is 4.62. The van der Waals surface area contributed by atoms with Crippen LogP contribution in [0.15, 0.2) is 16.7 Å². The number of nitrogen functional groups attached to an aromatic ring is 1. The van der Waals surface area contributed by atoms with Crippen molar-refractivity contribution in [3.8, 4) is 5.75 Å². The molecule has 0 aliphatic heterocycles. The fourth-order valence-corrected chi connectivity index (χ4v) is 1.81. The summed E-state index contributed by atoms with van der Waals surface area (Å²) in [5, 5.41) is 6.82. The summed E-state index contributed by atoms with van der Waals surface area (Å²) in [7, 11) is 0. The topological polar surface area (TPSA) is 86.2 Å². The van der Waals surface area contributed by atoms with Crippen LogP contribution >= 0.6 is 0 Å². The maximum atomic E-state index is 13.7. The first kappa shape index (κ1) is 15.1. The number of nitrogens with zero attached hydrogens (tertiary/aromatic N) is 2. The quantitative estimate of drug-likeness (QED) is 0.796. The largest absolute Gasteiger partial charge is 0.488 e. The number of hydrogen-bond acceptors (Lipinski definition) is 6. The van der Waals surface area contributed by atoms with E-state index in [0.717, 1.165) is 0 Å². The van der Waals surface area contributed by atoms with Gasteiger partial charge in [-0.3, -0.25) is 0 Å². The van der Waals surface area contributed by atoms with Gasteiger partial charge in [-0.05, 0) is 20.8 Å². The Labute approximate surface area is 122 Å². The van der Waals surface area contributed by atoms with Crippen molar-refractivity contribution in [2.24, 2.45) is 0 Å². The first-order valence-electron chi connectivity index (χ1n) is 6.74. The van der Waals surface area contributed by atoms with Gasteiger partial charge < -0.3 is 20.3 Å². The summed E-state index contributed by atoms with van der Waals surface area (Å²) in [6, 6.07) is 2.81.